The normalized spacial score (nSPS) is 27.9. The Labute approximate surface area is 134 Å². The van der Waals surface area contributed by atoms with Crippen molar-refractivity contribution in [1.82, 2.24) is 4.72 Å². The lowest BCUT2D eigenvalue weighted by molar-refractivity contribution is 0.00578. The summed E-state index contributed by atoms with van der Waals surface area (Å²) in [6.07, 6.45) is 1.82. The fraction of sp³-hybridized carbons (Fsp3) is 1.00. The molecule has 0 aromatic carbocycles. The van der Waals surface area contributed by atoms with E-state index in [0.717, 1.165) is 26.1 Å². The summed E-state index contributed by atoms with van der Waals surface area (Å²) in [7, 11) is -0.235. The standard InChI is InChI=1S/C15H30BNO3S/c1-12(2,3)21-17-15(8-10-18-11-9-15)16-19-13(4,5)14(6,7)20-16/h17H,8-11H2,1-7H3. The first-order valence-electron chi connectivity index (χ1n) is 7.86. The van der Waals surface area contributed by atoms with Crippen molar-refractivity contribution in [3.05, 3.63) is 0 Å². The maximum absolute atomic E-state index is 6.32. The van der Waals surface area contributed by atoms with Crippen LogP contribution in [0.25, 0.3) is 0 Å². The van der Waals surface area contributed by atoms with Crippen molar-refractivity contribution in [2.45, 2.75) is 82.7 Å². The number of hydrogen-bond donors (Lipinski definition) is 1. The maximum Gasteiger partial charge on any atom is 0.480 e. The summed E-state index contributed by atoms with van der Waals surface area (Å²) in [6, 6.07) is 0. The van der Waals surface area contributed by atoms with Crippen LogP contribution in [0.5, 0.6) is 0 Å². The van der Waals surface area contributed by atoms with E-state index in [9.17, 15) is 0 Å². The predicted octanol–water partition coefficient (Wildman–Crippen LogP) is 3.20. The highest BCUT2D eigenvalue weighted by molar-refractivity contribution is 7.98. The van der Waals surface area contributed by atoms with Gasteiger partial charge in [-0.2, -0.15) is 0 Å². The molecule has 6 heteroatoms. The zero-order chi connectivity index (χ0) is 15.9. The molecule has 0 unspecified atom stereocenters. The number of nitrogens with one attached hydrogen (secondary N) is 1. The lowest BCUT2D eigenvalue weighted by Crippen LogP contribution is -2.60. The number of rotatable bonds is 3. The Balaban J connectivity index is 2.17. The van der Waals surface area contributed by atoms with Crippen molar-refractivity contribution in [1.29, 1.82) is 0 Å². The van der Waals surface area contributed by atoms with Crippen LogP contribution in [0.3, 0.4) is 0 Å². The van der Waals surface area contributed by atoms with Crippen molar-refractivity contribution < 1.29 is 14.0 Å². The summed E-state index contributed by atoms with van der Waals surface area (Å²) in [4.78, 5) is 0. The molecular formula is C15H30BNO3S. The van der Waals surface area contributed by atoms with Gasteiger partial charge in [-0.3, -0.25) is 4.72 Å². The van der Waals surface area contributed by atoms with Crippen molar-refractivity contribution in [2.24, 2.45) is 0 Å². The molecule has 2 heterocycles. The molecule has 0 aromatic rings. The van der Waals surface area contributed by atoms with Gasteiger partial charge in [-0.25, -0.2) is 0 Å². The highest BCUT2D eigenvalue weighted by Gasteiger charge is 2.60. The van der Waals surface area contributed by atoms with E-state index < -0.39 is 0 Å². The summed E-state index contributed by atoms with van der Waals surface area (Å²) in [5.74, 6) is 0. The molecule has 1 N–H and O–H groups in total. The van der Waals surface area contributed by atoms with Gasteiger partial charge in [0, 0.05) is 18.0 Å². The Morgan fingerprint density at radius 3 is 1.86 bits per heavy atom. The lowest BCUT2D eigenvalue weighted by atomic mass is 9.60. The average Bonchev–Trinajstić information content (AvgIpc) is 2.57. The van der Waals surface area contributed by atoms with E-state index in [1.807, 2.05) is 0 Å². The van der Waals surface area contributed by atoms with E-state index in [1.54, 1.807) is 11.9 Å². The minimum absolute atomic E-state index is 0.148. The van der Waals surface area contributed by atoms with Crippen LogP contribution < -0.4 is 4.72 Å². The molecule has 2 fully saturated rings. The summed E-state index contributed by atoms with van der Waals surface area (Å²) in [6.45, 7) is 16.6. The fourth-order valence-electron chi connectivity index (χ4n) is 2.44. The zero-order valence-electron chi connectivity index (χ0n) is 14.5. The summed E-state index contributed by atoms with van der Waals surface area (Å²) < 4.78 is 22.0. The Morgan fingerprint density at radius 1 is 0.952 bits per heavy atom. The van der Waals surface area contributed by atoms with Crippen LogP contribution in [0.15, 0.2) is 0 Å². The molecule has 0 aromatic heterocycles. The third kappa shape index (κ3) is 3.78. The molecule has 2 rings (SSSR count). The topological polar surface area (TPSA) is 39.7 Å². The van der Waals surface area contributed by atoms with Gasteiger partial charge in [-0.15, -0.1) is 0 Å². The Hall–Kier alpha value is 0.255. The predicted molar refractivity (Wildman–Crippen MR) is 89.3 cm³/mol. The number of ether oxygens (including phenoxy) is 1. The highest BCUT2D eigenvalue weighted by atomic mass is 32.2. The van der Waals surface area contributed by atoms with Gasteiger partial charge in [0.05, 0.1) is 16.6 Å². The van der Waals surface area contributed by atoms with Crippen molar-refractivity contribution in [2.75, 3.05) is 13.2 Å². The van der Waals surface area contributed by atoms with Crippen molar-refractivity contribution >= 4 is 19.1 Å². The second-order valence-corrected chi connectivity index (χ2v) is 9.81. The Morgan fingerprint density at radius 2 is 1.43 bits per heavy atom. The second-order valence-electron chi connectivity index (χ2n) is 8.17. The first-order chi connectivity index (χ1) is 9.48. The first-order valence-corrected chi connectivity index (χ1v) is 8.68. The van der Waals surface area contributed by atoms with Crippen molar-refractivity contribution in [3.8, 4) is 0 Å². The monoisotopic (exact) mass is 315 g/mol. The third-order valence-electron chi connectivity index (χ3n) is 4.65. The highest BCUT2D eigenvalue weighted by Crippen LogP contribution is 2.43. The molecule has 0 aliphatic carbocycles. The molecule has 0 bridgehead atoms. The van der Waals surface area contributed by atoms with Gasteiger partial charge in [0.1, 0.15) is 0 Å². The van der Waals surface area contributed by atoms with Crippen LogP contribution in [-0.4, -0.2) is 41.7 Å². The molecule has 0 atom stereocenters. The van der Waals surface area contributed by atoms with Crippen LogP contribution in [0, 0.1) is 0 Å². The largest absolute Gasteiger partial charge is 0.480 e. The first kappa shape index (κ1) is 17.6. The summed E-state index contributed by atoms with van der Waals surface area (Å²) >= 11 is 1.76. The van der Waals surface area contributed by atoms with E-state index in [0.29, 0.717) is 0 Å². The molecular weight excluding hydrogens is 285 g/mol. The van der Waals surface area contributed by atoms with Crippen LogP contribution in [-0.2, 0) is 14.0 Å². The minimum atomic E-state index is -0.295. The van der Waals surface area contributed by atoms with E-state index in [1.165, 1.54) is 0 Å². The minimum Gasteiger partial charge on any atom is -0.402 e. The van der Waals surface area contributed by atoms with Crippen LogP contribution in [0.2, 0.25) is 0 Å². The van der Waals surface area contributed by atoms with Gasteiger partial charge >= 0.3 is 7.12 Å². The van der Waals surface area contributed by atoms with Gasteiger partial charge in [-0.1, -0.05) is 11.9 Å². The molecule has 4 nitrogen and oxygen atoms in total. The van der Waals surface area contributed by atoms with Gasteiger partial charge in [-0.05, 0) is 61.3 Å². The van der Waals surface area contributed by atoms with Crippen LogP contribution in [0.4, 0.5) is 0 Å². The van der Waals surface area contributed by atoms with E-state index >= 15 is 0 Å². The van der Waals surface area contributed by atoms with Crippen LogP contribution >= 0.6 is 11.9 Å². The SMILES string of the molecule is CC(C)(C)SNC1(B2OC(C)(C)C(C)(C)O2)CCOCC1. The molecule has 0 saturated carbocycles. The van der Waals surface area contributed by atoms with E-state index in [2.05, 4.69) is 53.2 Å². The fourth-order valence-corrected chi connectivity index (χ4v) is 3.25. The molecule has 0 amide bonds. The van der Waals surface area contributed by atoms with Gasteiger partial charge in [0.15, 0.2) is 0 Å². The van der Waals surface area contributed by atoms with Gasteiger partial charge in [0.2, 0.25) is 0 Å². The van der Waals surface area contributed by atoms with Gasteiger partial charge in [0.25, 0.3) is 0 Å². The molecule has 0 spiro atoms. The smallest absolute Gasteiger partial charge is 0.402 e. The lowest BCUT2D eigenvalue weighted by Gasteiger charge is -2.40. The summed E-state index contributed by atoms with van der Waals surface area (Å²) in [5, 5.41) is 0. The molecule has 21 heavy (non-hydrogen) atoms. The molecule has 0 radical (unpaired) electrons. The molecule has 122 valence electrons. The van der Waals surface area contributed by atoms with Crippen molar-refractivity contribution in [3.63, 3.8) is 0 Å². The zero-order valence-corrected chi connectivity index (χ0v) is 15.4. The molecule has 2 aliphatic rings. The Kier molecular flexibility index (Phi) is 4.79. The third-order valence-corrected chi connectivity index (χ3v) is 5.77. The number of hydrogen-bond acceptors (Lipinski definition) is 5. The second kappa shape index (κ2) is 5.71. The van der Waals surface area contributed by atoms with Crippen LogP contribution in [0.1, 0.15) is 61.3 Å². The quantitative estimate of drug-likeness (QED) is 0.640. The van der Waals surface area contributed by atoms with E-state index in [-0.39, 0.29) is 28.5 Å². The van der Waals surface area contributed by atoms with Gasteiger partial charge < -0.3 is 14.0 Å². The molecule has 2 saturated heterocycles. The Bertz CT molecular complexity index is 360. The average molecular weight is 315 g/mol. The summed E-state index contributed by atoms with van der Waals surface area (Å²) in [5.41, 5.74) is -0.769. The van der Waals surface area contributed by atoms with E-state index in [4.69, 9.17) is 14.0 Å². The maximum atomic E-state index is 6.32. The molecule has 2 aliphatic heterocycles.